The van der Waals surface area contributed by atoms with Crippen LogP contribution in [-0.2, 0) is 4.79 Å². The minimum absolute atomic E-state index is 0.166. The van der Waals surface area contributed by atoms with E-state index in [1.165, 1.54) is 12.1 Å². The predicted octanol–water partition coefficient (Wildman–Crippen LogP) is 2.86. The molecule has 6 nitrogen and oxygen atoms in total. The average molecular weight is 401 g/mol. The van der Waals surface area contributed by atoms with Gasteiger partial charge in [0.25, 0.3) is 11.8 Å². The van der Waals surface area contributed by atoms with Gasteiger partial charge in [0.15, 0.2) is 0 Å². The number of nitrogens with two attached hydrogens (primary N) is 1. The molecule has 0 saturated carbocycles. The van der Waals surface area contributed by atoms with E-state index in [-0.39, 0.29) is 29.0 Å². The van der Waals surface area contributed by atoms with E-state index in [1.807, 2.05) is 0 Å². The predicted molar refractivity (Wildman–Crippen MR) is 103 cm³/mol. The largest absolute Gasteiger partial charge is 0.369 e. The van der Waals surface area contributed by atoms with E-state index in [1.54, 1.807) is 24.0 Å². The number of nitrogens with zero attached hydrogens (tertiary/aromatic N) is 1. The number of primary amides is 1. The first-order valence-corrected chi connectivity index (χ1v) is 9.23. The number of amides is 3. The number of likely N-dealkylation sites (tertiary alicyclic amines) is 1. The second-order valence-electron chi connectivity index (χ2n) is 7.02. The van der Waals surface area contributed by atoms with Crippen molar-refractivity contribution in [2.24, 2.45) is 11.7 Å². The average Bonchev–Trinajstić information content (AvgIpc) is 2.67. The lowest BCUT2D eigenvalue weighted by molar-refractivity contribution is -0.123. The molecule has 3 amide bonds. The van der Waals surface area contributed by atoms with Crippen LogP contribution in [0, 0.1) is 24.5 Å². The molecule has 0 spiro atoms. The molecule has 0 bridgehead atoms. The molecule has 8 heteroatoms. The number of carbonyl (C=O) groups excluding carboxylic acids is 3. The third-order valence-corrected chi connectivity index (χ3v) is 5.11. The van der Waals surface area contributed by atoms with Crippen LogP contribution < -0.4 is 11.1 Å². The molecule has 2 aromatic carbocycles. The van der Waals surface area contributed by atoms with E-state index < -0.39 is 23.1 Å². The minimum Gasteiger partial charge on any atom is -0.369 e. The summed E-state index contributed by atoms with van der Waals surface area (Å²) in [7, 11) is 0. The van der Waals surface area contributed by atoms with Crippen molar-refractivity contribution in [3.63, 3.8) is 0 Å². The van der Waals surface area contributed by atoms with Crippen molar-refractivity contribution in [3.05, 3.63) is 64.7 Å². The first-order chi connectivity index (χ1) is 13.8. The molecule has 1 fully saturated rings. The smallest absolute Gasteiger partial charge is 0.261 e. The molecular formula is C21H21F2N3O3. The van der Waals surface area contributed by atoms with Crippen LogP contribution in [0.4, 0.5) is 14.5 Å². The lowest BCUT2D eigenvalue weighted by Gasteiger charge is -2.31. The van der Waals surface area contributed by atoms with Gasteiger partial charge in [0, 0.05) is 19.0 Å². The number of benzene rings is 2. The Labute approximate surface area is 166 Å². The van der Waals surface area contributed by atoms with Crippen molar-refractivity contribution >= 4 is 23.4 Å². The third kappa shape index (κ3) is 4.26. The van der Waals surface area contributed by atoms with Crippen molar-refractivity contribution in [2.45, 2.75) is 19.8 Å². The van der Waals surface area contributed by atoms with Crippen molar-refractivity contribution in [3.8, 4) is 0 Å². The highest BCUT2D eigenvalue weighted by Crippen LogP contribution is 2.26. The van der Waals surface area contributed by atoms with Gasteiger partial charge in [0.1, 0.15) is 17.2 Å². The summed E-state index contributed by atoms with van der Waals surface area (Å²) in [5, 5.41) is 2.46. The number of nitrogens with one attached hydrogen (secondary N) is 1. The Kier molecular flexibility index (Phi) is 5.91. The fourth-order valence-corrected chi connectivity index (χ4v) is 3.48. The number of aryl methyl sites for hydroxylation is 1. The van der Waals surface area contributed by atoms with Crippen LogP contribution in [0.2, 0.25) is 0 Å². The lowest BCUT2D eigenvalue weighted by atomic mass is 9.95. The van der Waals surface area contributed by atoms with E-state index in [0.29, 0.717) is 31.5 Å². The molecule has 29 heavy (non-hydrogen) atoms. The summed E-state index contributed by atoms with van der Waals surface area (Å²) in [5.74, 6) is -3.93. The summed E-state index contributed by atoms with van der Waals surface area (Å²) in [4.78, 5) is 38.5. The zero-order valence-electron chi connectivity index (χ0n) is 15.9. The molecule has 1 saturated heterocycles. The van der Waals surface area contributed by atoms with E-state index in [0.717, 1.165) is 12.1 Å². The second-order valence-corrected chi connectivity index (χ2v) is 7.02. The Bertz CT molecular complexity index is 949. The van der Waals surface area contributed by atoms with Crippen molar-refractivity contribution in [1.82, 2.24) is 4.90 Å². The Balaban J connectivity index is 1.85. The van der Waals surface area contributed by atoms with Gasteiger partial charge in [-0.2, -0.15) is 0 Å². The molecule has 0 aliphatic carbocycles. The molecule has 0 radical (unpaired) electrons. The van der Waals surface area contributed by atoms with E-state index in [2.05, 4.69) is 5.32 Å². The molecule has 0 unspecified atom stereocenters. The van der Waals surface area contributed by atoms with E-state index in [4.69, 9.17) is 5.73 Å². The van der Waals surface area contributed by atoms with Crippen LogP contribution in [0.5, 0.6) is 0 Å². The highest BCUT2D eigenvalue weighted by molar-refractivity contribution is 6.09. The fraction of sp³-hybridized carbons (Fsp3) is 0.286. The molecule has 3 N–H and O–H groups in total. The van der Waals surface area contributed by atoms with Gasteiger partial charge in [-0.15, -0.1) is 0 Å². The normalized spacial score (nSPS) is 14.5. The quantitative estimate of drug-likeness (QED) is 0.825. The highest BCUT2D eigenvalue weighted by atomic mass is 19.1. The van der Waals surface area contributed by atoms with Crippen LogP contribution in [0.1, 0.15) is 39.1 Å². The fourth-order valence-electron chi connectivity index (χ4n) is 3.48. The van der Waals surface area contributed by atoms with Crippen LogP contribution in [0.25, 0.3) is 0 Å². The summed E-state index contributed by atoms with van der Waals surface area (Å²) in [5.41, 5.74) is 5.64. The summed E-state index contributed by atoms with van der Waals surface area (Å²) in [6, 6.07) is 8.00. The number of halogens is 2. The number of hydrogen-bond acceptors (Lipinski definition) is 3. The molecule has 0 atom stereocenters. The maximum Gasteiger partial charge on any atom is 0.261 e. The van der Waals surface area contributed by atoms with Gasteiger partial charge in [-0.25, -0.2) is 8.78 Å². The van der Waals surface area contributed by atoms with Crippen molar-refractivity contribution in [2.75, 3.05) is 18.4 Å². The van der Waals surface area contributed by atoms with Crippen LogP contribution in [-0.4, -0.2) is 35.7 Å². The summed E-state index contributed by atoms with van der Waals surface area (Å²) in [6.07, 6.45) is 0.935. The monoisotopic (exact) mass is 401 g/mol. The Morgan fingerprint density at radius 3 is 2.17 bits per heavy atom. The number of hydrogen-bond donors (Lipinski definition) is 2. The molecule has 0 aromatic heterocycles. The van der Waals surface area contributed by atoms with Gasteiger partial charge >= 0.3 is 0 Å². The SMILES string of the molecule is Cc1cccc(NC(=O)c2c(F)cccc2F)c1C(=O)N1CCC(C(N)=O)CC1. The lowest BCUT2D eigenvalue weighted by Crippen LogP contribution is -2.42. The van der Waals surface area contributed by atoms with Gasteiger partial charge < -0.3 is 16.0 Å². The number of piperidine rings is 1. The summed E-state index contributed by atoms with van der Waals surface area (Å²) >= 11 is 0. The Morgan fingerprint density at radius 2 is 1.59 bits per heavy atom. The Morgan fingerprint density at radius 1 is 1.00 bits per heavy atom. The number of carbonyl (C=O) groups is 3. The molecule has 2 aromatic rings. The van der Waals surface area contributed by atoms with Crippen LogP contribution in [0.15, 0.2) is 36.4 Å². The van der Waals surface area contributed by atoms with Crippen LogP contribution >= 0.6 is 0 Å². The molecule has 3 rings (SSSR count). The second kappa shape index (κ2) is 8.38. The van der Waals surface area contributed by atoms with Crippen LogP contribution in [0.3, 0.4) is 0 Å². The standard InChI is InChI=1S/C21H21F2N3O3/c1-12-4-2-7-16(25-20(28)18-14(22)5-3-6-15(18)23)17(12)21(29)26-10-8-13(9-11-26)19(24)27/h2-7,13H,8-11H2,1H3,(H2,24,27)(H,25,28). The van der Waals surface area contributed by atoms with E-state index in [9.17, 15) is 23.2 Å². The molecule has 1 aliphatic rings. The Hall–Kier alpha value is -3.29. The molecular weight excluding hydrogens is 380 g/mol. The van der Waals surface area contributed by atoms with Gasteiger partial charge in [-0.1, -0.05) is 18.2 Å². The van der Waals surface area contributed by atoms with Gasteiger partial charge in [0.05, 0.1) is 11.3 Å². The first kappa shape index (κ1) is 20.4. The summed E-state index contributed by atoms with van der Waals surface area (Å²) < 4.78 is 27.8. The van der Waals surface area contributed by atoms with Crippen molar-refractivity contribution < 1.29 is 23.2 Å². The van der Waals surface area contributed by atoms with E-state index >= 15 is 0 Å². The zero-order chi connectivity index (χ0) is 21.1. The van der Waals surface area contributed by atoms with Gasteiger partial charge in [0.2, 0.25) is 5.91 Å². The number of rotatable bonds is 4. The van der Waals surface area contributed by atoms with Crippen molar-refractivity contribution in [1.29, 1.82) is 0 Å². The first-order valence-electron chi connectivity index (χ1n) is 9.23. The molecule has 1 aliphatic heterocycles. The third-order valence-electron chi connectivity index (χ3n) is 5.11. The maximum atomic E-state index is 13.9. The highest BCUT2D eigenvalue weighted by Gasteiger charge is 2.29. The molecule has 1 heterocycles. The number of anilines is 1. The topological polar surface area (TPSA) is 92.5 Å². The molecule has 152 valence electrons. The van der Waals surface area contributed by atoms with Gasteiger partial charge in [-0.05, 0) is 43.5 Å². The maximum absolute atomic E-state index is 13.9. The van der Waals surface area contributed by atoms with Gasteiger partial charge in [-0.3, -0.25) is 14.4 Å². The zero-order valence-corrected chi connectivity index (χ0v) is 15.9. The summed E-state index contributed by atoms with van der Waals surface area (Å²) in [6.45, 7) is 2.43. The minimum atomic E-state index is -0.989.